The largest absolute Gasteiger partial charge is 0.374 e. The average molecular weight is 369 g/mol. The molecule has 0 unspecified atom stereocenters. The van der Waals surface area contributed by atoms with Gasteiger partial charge in [0.05, 0.1) is 24.0 Å². The second-order valence-corrected chi connectivity index (χ2v) is 7.22. The highest BCUT2D eigenvalue weighted by molar-refractivity contribution is 6.47. The number of aromatic nitrogens is 2. The average Bonchev–Trinajstić information content (AvgIpc) is 2.92. The number of ether oxygens (including phenoxy) is 1. The van der Waals surface area contributed by atoms with Gasteiger partial charge in [0.25, 0.3) is 11.7 Å². The van der Waals surface area contributed by atoms with Crippen molar-refractivity contribution in [3.05, 3.63) is 46.8 Å². The van der Waals surface area contributed by atoms with Crippen LogP contribution in [-0.2, 0) is 23.2 Å². The molecule has 27 heavy (non-hydrogen) atoms. The van der Waals surface area contributed by atoms with E-state index in [0.29, 0.717) is 35.3 Å². The summed E-state index contributed by atoms with van der Waals surface area (Å²) in [6.45, 7) is 4.03. The van der Waals surface area contributed by atoms with E-state index >= 15 is 0 Å². The van der Waals surface area contributed by atoms with Crippen molar-refractivity contribution in [1.82, 2.24) is 9.78 Å². The second kappa shape index (κ2) is 8.48. The lowest BCUT2D eigenvalue weighted by molar-refractivity contribution is -0.112. The van der Waals surface area contributed by atoms with E-state index in [-0.39, 0.29) is 0 Å². The molecule has 6 nitrogen and oxygen atoms in total. The van der Waals surface area contributed by atoms with Crippen LogP contribution < -0.4 is 5.32 Å². The van der Waals surface area contributed by atoms with Crippen LogP contribution in [0.1, 0.15) is 59.4 Å². The standard InChI is InChI=1S/C21H27N3O3/c1-14-19(15(2)24(3)23-14)20(25)21(26)22-17-9-7-8-16(12-17)13-27-18-10-5-4-6-11-18/h7-9,12,18H,4-6,10-11,13H2,1-3H3,(H,22,26). The summed E-state index contributed by atoms with van der Waals surface area (Å²) in [7, 11) is 1.76. The number of rotatable bonds is 6. The lowest BCUT2D eigenvalue weighted by Crippen LogP contribution is -2.24. The third kappa shape index (κ3) is 4.63. The molecule has 0 radical (unpaired) electrons. The molecular weight excluding hydrogens is 342 g/mol. The molecule has 1 aromatic heterocycles. The van der Waals surface area contributed by atoms with E-state index in [1.807, 2.05) is 18.2 Å². The Bertz CT molecular complexity index is 835. The van der Waals surface area contributed by atoms with Gasteiger partial charge in [0, 0.05) is 18.4 Å². The fourth-order valence-electron chi connectivity index (χ4n) is 3.59. The van der Waals surface area contributed by atoms with Gasteiger partial charge in [-0.25, -0.2) is 0 Å². The van der Waals surface area contributed by atoms with Crippen molar-refractivity contribution in [3.8, 4) is 0 Å². The minimum atomic E-state index is -0.653. The Morgan fingerprint density at radius 2 is 1.96 bits per heavy atom. The fourth-order valence-corrected chi connectivity index (χ4v) is 3.59. The van der Waals surface area contributed by atoms with Crippen molar-refractivity contribution in [2.24, 2.45) is 7.05 Å². The lowest BCUT2D eigenvalue weighted by Gasteiger charge is -2.22. The number of nitrogens with zero attached hydrogens (tertiary/aromatic N) is 2. The van der Waals surface area contributed by atoms with Crippen LogP contribution in [0.2, 0.25) is 0 Å². The molecule has 2 aromatic rings. The smallest absolute Gasteiger partial charge is 0.296 e. The van der Waals surface area contributed by atoms with Crippen LogP contribution in [0.25, 0.3) is 0 Å². The second-order valence-electron chi connectivity index (χ2n) is 7.22. The molecule has 1 heterocycles. The van der Waals surface area contributed by atoms with E-state index in [2.05, 4.69) is 10.4 Å². The molecule has 1 N–H and O–H groups in total. The highest BCUT2D eigenvalue weighted by atomic mass is 16.5. The van der Waals surface area contributed by atoms with E-state index in [4.69, 9.17) is 4.74 Å². The van der Waals surface area contributed by atoms with Crippen LogP contribution in [-0.4, -0.2) is 27.6 Å². The Balaban J connectivity index is 1.63. The topological polar surface area (TPSA) is 73.2 Å². The zero-order valence-corrected chi connectivity index (χ0v) is 16.2. The Morgan fingerprint density at radius 1 is 1.22 bits per heavy atom. The number of hydrogen-bond acceptors (Lipinski definition) is 4. The number of hydrogen-bond donors (Lipinski definition) is 1. The van der Waals surface area contributed by atoms with Gasteiger partial charge in [-0.2, -0.15) is 5.10 Å². The maximum atomic E-state index is 12.5. The molecule has 0 spiro atoms. The van der Waals surface area contributed by atoms with Crippen molar-refractivity contribution in [2.75, 3.05) is 5.32 Å². The number of carbonyl (C=O) groups is 2. The summed E-state index contributed by atoms with van der Waals surface area (Å²) in [5.41, 5.74) is 3.19. The first-order chi connectivity index (χ1) is 13.0. The van der Waals surface area contributed by atoms with Crippen LogP contribution in [0.15, 0.2) is 24.3 Å². The molecule has 0 aliphatic heterocycles. The Hall–Kier alpha value is -2.47. The molecule has 1 aromatic carbocycles. The number of Topliss-reactive ketones (excluding diaryl/α,β-unsaturated/α-hetero) is 1. The monoisotopic (exact) mass is 369 g/mol. The van der Waals surface area contributed by atoms with E-state index < -0.39 is 11.7 Å². The predicted octanol–water partition coefficient (Wildman–Crippen LogP) is 3.71. The number of carbonyl (C=O) groups excluding carboxylic acids is 2. The summed E-state index contributed by atoms with van der Waals surface area (Å²) in [5, 5.41) is 6.90. The van der Waals surface area contributed by atoms with Crippen molar-refractivity contribution in [1.29, 1.82) is 0 Å². The van der Waals surface area contributed by atoms with Gasteiger partial charge in [0.15, 0.2) is 0 Å². The molecule has 6 heteroatoms. The first-order valence-corrected chi connectivity index (χ1v) is 9.52. The highest BCUT2D eigenvalue weighted by Gasteiger charge is 2.24. The lowest BCUT2D eigenvalue weighted by atomic mass is 9.98. The molecular formula is C21H27N3O3. The van der Waals surface area contributed by atoms with Crippen LogP contribution in [0, 0.1) is 13.8 Å². The molecule has 1 aliphatic carbocycles. The first-order valence-electron chi connectivity index (χ1n) is 9.52. The Kier molecular flexibility index (Phi) is 6.06. The first kappa shape index (κ1) is 19.3. The van der Waals surface area contributed by atoms with Gasteiger partial charge in [0.1, 0.15) is 0 Å². The minimum absolute atomic E-state index is 0.329. The molecule has 0 bridgehead atoms. The summed E-state index contributed by atoms with van der Waals surface area (Å²) >= 11 is 0. The maximum absolute atomic E-state index is 12.5. The van der Waals surface area contributed by atoms with Crippen molar-refractivity contribution < 1.29 is 14.3 Å². The zero-order valence-electron chi connectivity index (χ0n) is 16.2. The third-order valence-corrected chi connectivity index (χ3v) is 5.17. The summed E-state index contributed by atoms with van der Waals surface area (Å²) in [6, 6.07) is 7.46. The van der Waals surface area contributed by atoms with Crippen LogP contribution in [0.4, 0.5) is 5.69 Å². The van der Waals surface area contributed by atoms with Gasteiger partial charge in [-0.1, -0.05) is 31.4 Å². The number of nitrogens with one attached hydrogen (secondary N) is 1. The van der Waals surface area contributed by atoms with E-state index in [0.717, 1.165) is 18.4 Å². The van der Waals surface area contributed by atoms with Crippen molar-refractivity contribution in [2.45, 2.75) is 58.7 Å². The molecule has 0 saturated heterocycles. The molecule has 3 rings (SSSR count). The van der Waals surface area contributed by atoms with E-state index in [1.165, 1.54) is 19.3 Å². The van der Waals surface area contributed by atoms with Crippen LogP contribution in [0.3, 0.4) is 0 Å². The number of benzene rings is 1. The molecule has 1 aliphatic rings. The summed E-state index contributed by atoms with van der Waals surface area (Å²) in [4.78, 5) is 24.9. The number of ketones is 1. The van der Waals surface area contributed by atoms with E-state index in [9.17, 15) is 9.59 Å². The van der Waals surface area contributed by atoms with Gasteiger partial charge in [-0.3, -0.25) is 14.3 Å². The van der Waals surface area contributed by atoms with Gasteiger partial charge in [-0.05, 0) is 44.4 Å². The number of anilines is 1. The zero-order chi connectivity index (χ0) is 19.4. The van der Waals surface area contributed by atoms with Gasteiger partial charge in [-0.15, -0.1) is 0 Å². The highest BCUT2D eigenvalue weighted by Crippen LogP contribution is 2.22. The summed E-state index contributed by atoms with van der Waals surface area (Å²) in [5.74, 6) is -1.22. The fraction of sp³-hybridized carbons (Fsp3) is 0.476. The molecule has 1 saturated carbocycles. The third-order valence-electron chi connectivity index (χ3n) is 5.17. The van der Waals surface area contributed by atoms with E-state index in [1.54, 1.807) is 31.6 Å². The summed E-state index contributed by atoms with van der Waals surface area (Å²) < 4.78 is 7.60. The molecule has 1 fully saturated rings. The van der Waals surface area contributed by atoms with Gasteiger partial charge >= 0.3 is 0 Å². The quantitative estimate of drug-likeness (QED) is 0.622. The van der Waals surface area contributed by atoms with Crippen molar-refractivity contribution in [3.63, 3.8) is 0 Å². The summed E-state index contributed by atoms with van der Waals surface area (Å²) in [6.07, 6.45) is 6.33. The Morgan fingerprint density at radius 3 is 2.63 bits per heavy atom. The number of aryl methyl sites for hydroxylation is 2. The number of amides is 1. The molecule has 144 valence electrons. The van der Waals surface area contributed by atoms with Crippen LogP contribution >= 0.6 is 0 Å². The normalized spacial score (nSPS) is 14.9. The SMILES string of the molecule is Cc1nn(C)c(C)c1C(=O)C(=O)Nc1cccc(COC2CCCCC2)c1. The van der Waals surface area contributed by atoms with Gasteiger partial charge < -0.3 is 10.1 Å². The van der Waals surface area contributed by atoms with Crippen LogP contribution in [0.5, 0.6) is 0 Å². The Labute approximate surface area is 159 Å². The maximum Gasteiger partial charge on any atom is 0.296 e. The minimum Gasteiger partial charge on any atom is -0.374 e. The molecule has 1 amide bonds. The molecule has 0 atom stereocenters. The predicted molar refractivity (Wildman–Crippen MR) is 104 cm³/mol. The van der Waals surface area contributed by atoms with Crippen molar-refractivity contribution >= 4 is 17.4 Å². The van der Waals surface area contributed by atoms with Gasteiger partial charge in [0.2, 0.25) is 0 Å².